The van der Waals surface area contributed by atoms with Gasteiger partial charge >= 0.3 is 5.97 Å². The molecule has 0 saturated heterocycles. The fourth-order valence-electron chi connectivity index (χ4n) is 2.32. The number of carbonyl (C=O) groups is 1. The number of esters is 1. The Labute approximate surface area is 118 Å². The number of benzene rings is 2. The average molecular weight is 278 g/mol. The van der Waals surface area contributed by atoms with Gasteiger partial charge in [0, 0.05) is 10.8 Å². The molecule has 6 heteroatoms. The van der Waals surface area contributed by atoms with Gasteiger partial charge in [-0.3, -0.25) is 10.2 Å². The molecule has 2 aromatic carbocycles. The van der Waals surface area contributed by atoms with E-state index in [-0.39, 0.29) is 0 Å². The van der Waals surface area contributed by atoms with Crippen molar-refractivity contribution in [3.63, 3.8) is 0 Å². The fraction of sp³-hybridized carbons (Fsp3) is 0. The second kappa shape index (κ2) is 4.45. The third-order valence-corrected chi connectivity index (χ3v) is 3.34. The lowest BCUT2D eigenvalue weighted by atomic mass is 10.1. The molecule has 21 heavy (non-hydrogen) atoms. The van der Waals surface area contributed by atoms with Gasteiger partial charge in [0.2, 0.25) is 0 Å². The Bertz CT molecular complexity index is 954. The minimum absolute atomic E-state index is 0.438. The molecule has 2 aromatic heterocycles. The maximum Gasteiger partial charge on any atom is 0.345 e. The molecule has 102 valence electrons. The lowest BCUT2D eigenvalue weighted by Gasteiger charge is -2.06. The quantitative estimate of drug-likeness (QED) is 0.436. The summed E-state index contributed by atoms with van der Waals surface area (Å²) in [5, 5.41) is 15.3. The van der Waals surface area contributed by atoms with Gasteiger partial charge in [0.25, 0.3) is 0 Å². The smallest absolute Gasteiger partial charge is 0.345 e. The average Bonchev–Trinajstić information content (AvgIpc) is 3.15. The lowest BCUT2D eigenvalue weighted by Crippen LogP contribution is -2.09. The van der Waals surface area contributed by atoms with Crippen molar-refractivity contribution in [1.29, 1.82) is 0 Å². The highest BCUT2D eigenvalue weighted by molar-refractivity contribution is 6.04. The van der Waals surface area contributed by atoms with Crippen molar-refractivity contribution in [2.24, 2.45) is 0 Å². The number of rotatable bonds is 2. The molecular formula is C15H10N4O2. The number of fused-ring (bicyclic) bond motifs is 2. The number of carbonyl (C=O) groups excluding carboxylic acids is 1. The fourth-order valence-corrected chi connectivity index (χ4v) is 2.32. The van der Waals surface area contributed by atoms with Crippen LogP contribution in [-0.2, 0) is 0 Å². The Morgan fingerprint density at radius 3 is 2.38 bits per heavy atom. The van der Waals surface area contributed by atoms with E-state index in [0.717, 1.165) is 10.8 Å². The van der Waals surface area contributed by atoms with Gasteiger partial charge in [0.05, 0.1) is 23.5 Å². The summed E-state index contributed by atoms with van der Waals surface area (Å²) in [6, 6.07) is 10.8. The number of aromatic amines is 2. The molecule has 0 bridgehead atoms. The van der Waals surface area contributed by atoms with Crippen LogP contribution in [0.4, 0.5) is 0 Å². The highest BCUT2D eigenvalue weighted by Crippen LogP contribution is 2.25. The molecule has 2 N–H and O–H groups in total. The van der Waals surface area contributed by atoms with Crippen LogP contribution in [0.5, 0.6) is 5.75 Å². The van der Waals surface area contributed by atoms with Crippen LogP contribution in [0.3, 0.4) is 0 Å². The van der Waals surface area contributed by atoms with Gasteiger partial charge < -0.3 is 4.74 Å². The Kier molecular flexibility index (Phi) is 2.47. The summed E-state index contributed by atoms with van der Waals surface area (Å²) >= 11 is 0. The van der Waals surface area contributed by atoms with Crippen LogP contribution in [0.1, 0.15) is 10.4 Å². The summed E-state index contributed by atoms with van der Waals surface area (Å²) in [6.45, 7) is 0. The molecule has 0 unspecified atom stereocenters. The summed E-state index contributed by atoms with van der Waals surface area (Å²) < 4.78 is 5.49. The van der Waals surface area contributed by atoms with E-state index in [1.54, 1.807) is 30.6 Å². The van der Waals surface area contributed by atoms with Crippen molar-refractivity contribution < 1.29 is 9.53 Å². The molecular weight excluding hydrogens is 268 g/mol. The Balaban J connectivity index is 1.76. The van der Waals surface area contributed by atoms with E-state index >= 15 is 0 Å². The Hall–Kier alpha value is -3.15. The van der Waals surface area contributed by atoms with Crippen molar-refractivity contribution in [2.45, 2.75) is 0 Å². The van der Waals surface area contributed by atoms with Gasteiger partial charge in [-0.1, -0.05) is 24.3 Å². The lowest BCUT2D eigenvalue weighted by molar-refractivity contribution is 0.0738. The number of aromatic nitrogens is 4. The first-order chi connectivity index (χ1) is 10.3. The molecule has 0 aliphatic rings. The monoisotopic (exact) mass is 278 g/mol. The molecule has 0 aliphatic carbocycles. The van der Waals surface area contributed by atoms with Crippen LogP contribution in [-0.4, -0.2) is 26.4 Å². The Morgan fingerprint density at radius 2 is 1.57 bits per heavy atom. The van der Waals surface area contributed by atoms with Crippen LogP contribution in [0.2, 0.25) is 0 Å². The van der Waals surface area contributed by atoms with Crippen LogP contribution < -0.4 is 4.74 Å². The van der Waals surface area contributed by atoms with Gasteiger partial charge in [0.1, 0.15) is 5.52 Å². The van der Waals surface area contributed by atoms with E-state index in [2.05, 4.69) is 20.4 Å². The summed E-state index contributed by atoms with van der Waals surface area (Å²) in [5.74, 6) is 0.0125. The zero-order chi connectivity index (χ0) is 14.2. The molecule has 0 spiro atoms. The topological polar surface area (TPSA) is 83.7 Å². The van der Waals surface area contributed by atoms with Gasteiger partial charge in [-0.05, 0) is 12.1 Å². The van der Waals surface area contributed by atoms with E-state index < -0.39 is 5.97 Å². The number of hydrogen-bond acceptors (Lipinski definition) is 4. The number of para-hydroxylation sites is 2. The summed E-state index contributed by atoms with van der Waals surface area (Å²) in [5.41, 5.74) is 1.81. The molecule has 0 radical (unpaired) electrons. The first kappa shape index (κ1) is 11.7. The summed E-state index contributed by atoms with van der Waals surface area (Å²) in [7, 11) is 0. The SMILES string of the molecule is O=C(Oc1cccc2cn[nH]c12)c1cccc2cn[nH]c12. The van der Waals surface area contributed by atoms with Crippen LogP contribution in [0, 0.1) is 0 Å². The van der Waals surface area contributed by atoms with Crippen molar-refractivity contribution in [1.82, 2.24) is 20.4 Å². The molecule has 0 saturated carbocycles. The van der Waals surface area contributed by atoms with Crippen LogP contribution in [0.15, 0.2) is 48.8 Å². The van der Waals surface area contributed by atoms with E-state index in [0.29, 0.717) is 22.3 Å². The molecule has 0 fully saturated rings. The predicted octanol–water partition coefficient (Wildman–Crippen LogP) is 2.66. The molecule has 4 aromatic rings. The number of hydrogen-bond donors (Lipinski definition) is 2. The van der Waals surface area contributed by atoms with Gasteiger partial charge in [-0.25, -0.2) is 4.79 Å². The Morgan fingerprint density at radius 1 is 0.905 bits per heavy atom. The zero-order valence-electron chi connectivity index (χ0n) is 10.8. The van der Waals surface area contributed by atoms with E-state index in [9.17, 15) is 4.79 Å². The highest BCUT2D eigenvalue weighted by Gasteiger charge is 2.15. The molecule has 0 aliphatic heterocycles. The second-order valence-corrected chi connectivity index (χ2v) is 4.62. The first-order valence-electron chi connectivity index (χ1n) is 6.39. The minimum atomic E-state index is -0.438. The summed E-state index contributed by atoms with van der Waals surface area (Å²) in [6.07, 6.45) is 3.35. The number of nitrogens with zero attached hydrogens (tertiary/aromatic N) is 2. The van der Waals surface area contributed by atoms with E-state index in [1.165, 1.54) is 0 Å². The second-order valence-electron chi connectivity index (χ2n) is 4.62. The van der Waals surface area contributed by atoms with E-state index in [4.69, 9.17) is 4.74 Å². The van der Waals surface area contributed by atoms with Gasteiger partial charge in [-0.2, -0.15) is 10.2 Å². The number of H-pyrrole nitrogens is 2. The van der Waals surface area contributed by atoms with Gasteiger partial charge in [-0.15, -0.1) is 0 Å². The van der Waals surface area contributed by atoms with Gasteiger partial charge in [0.15, 0.2) is 5.75 Å². The maximum atomic E-state index is 12.4. The van der Waals surface area contributed by atoms with Crippen molar-refractivity contribution in [3.05, 3.63) is 54.4 Å². The first-order valence-corrected chi connectivity index (χ1v) is 6.39. The minimum Gasteiger partial charge on any atom is -0.421 e. The maximum absolute atomic E-state index is 12.4. The standard InChI is InChI=1S/C15H10N4O2/c20-15(11-5-1-3-9-7-16-18-13(9)11)21-12-6-2-4-10-8-17-19-14(10)12/h1-8H,(H,16,18)(H,17,19). The van der Waals surface area contributed by atoms with Crippen molar-refractivity contribution >= 4 is 27.8 Å². The van der Waals surface area contributed by atoms with E-state index in [1.807, 2.05) is 18.2 Å². The largest absolute Gasteiger partial charge is 0.421 e. The molecule has 2 heterocycles. The number of nitrogens with one attached hydrogen (secondary N) is 2. The molecule has 6 nitrogen and oxygen atoms in total. The third kappa shape index (κ3) is 1.85. The van der Waals surface area contributed by atoms with Crippen molar-refractivity contribution in [3.8, 4) is 5.75 Å². The predicted molar refractivity (Wildman–Crippen MR) is 77.1 cm³/mol. The third-order valence-electron chi connectivity index (χ3n) is 3.34. The molecule has 0 amide bonds. The van der Waals surface area contributed by atoms with Crippen molar-refractivity contribution in [2.75, 3.05) is 0 Å². The normalized spacial score (nSPS) is 11.0. The van der Waals surface area contributed by atoms with Crippen LogP contribution in [0.25, 0.3) is 21.8 Å². The van der Waals surface area contributed by atoms with Crippen LogP contribution >= 0.6 is 0 Å². The summed E-state index contributed by atoms with van der Waals surface area (Å²) in [4.78, 5) is 12.4. The number of ether oxygens (including phenoxy) is 1. The zero-order valence-corrected chi connectivity index (χ0v) is 10.8. The molecule has 0 atom stereocenters. The molecule has 4 rings (SSSR count). The highest BCUT2D eigenvalue weighted by atomic mass is 16.5.